The average molecular weight is 506 g/mol. The van der Waals surface area contributed by atoms with Crippen molar-refractivity contribution in [2.75, 3.05) is 26.2 Å². The number of nitrogens with zero attached hydrogens (tertiary/aromatic N) is 1. The summed E-state index contributed by atoms with van der Waals surface area (Å²) in [5.74, 6) is 1.01. The van der Waals surface area contributed by atoms with E-state index in [-0.39, 0.29) is 24.5 Å². The molecule has 2 aromatic rings. The normalized spacial score (nSPS) is 20.6. The first kappa shape index (κ1) is 26.9. The predicted octanol–water partition coefficient (Wildman–Crippen LogP) is 4.90. The number of amides is 1. The average Bonchev–Trinajstić information content (AvgIpc) is 3.17. The molecule has 1 N–H and O–H groups in total. The van der Waals surface area contributed by atoms with E-state index in [4.69, 9.17) is 9.47 Å². The predicted molar refractivity (Wildman–Crippen MR) is 145 cm³/mol. The van der Waals surface area contributed by atoms with Crippen molar-refractivity contribution in [3.8, 4) is 5.75 Å². The van der Waals surface area contributed by atoms with Gasteiger partial charge in [-0.25, -0.2) is 4.58 Å². The smallest absolute Gasteiger partial charge is 0.316 e. The minimum absolute atomic E-state index is 0.0336. The molecule has 2 aliphatic rings. The molecule has 0 heterocycles. The Bertz CT molecular complexity index is 1020. The van der Waals surface area contributed by atoms with E-state index in [1.54, 1.807) is 4.58 Å². The fourth-order valence-corrected chi connectivity index (χ4v) is 5.54. The van der Waals surface area contributed by atoms with Gasteiger partial charge in [-0.1, -0.05) is 74.2 Å². The van der Waals surface area contributed by atoms with Gasteiger partial charge in [0.25, 0.3) is 5.91 Å². The lowest BCUT2D eigenvalue weighted by Crippen LogP contribution is -2.44. The monoisotopic (exact) mass is 505 g/mol. The number of hydrogen-bond donors (Lipinski definition) is 1. The molecule has 2 aromatic carbocycles. The number of carbonyl (C=O) groups is 2. The molecule has 4 rings (SSSR count). The van der Waals surface area contributed by atoms with E-state index in [1.807, 2.05) is 48.5 Å². The lowest BCUT2D eigenvalue weighted by molar-refractivity contribution is -0.510. The molecule has 1 unspecified atom stereocenters. The van der Waals surface area contributed by atoms with E-state index in [2.05, 4.69) is 24.2 Å². The molecular formula is C31H41N2O4+. The summed E-state index contributed by atoms with van der Waals surface area (Å²) in [6.45, 7) is 5.84. The first-order valence-electron chi connectivity index (χ1n) is 13.8. The van der Waals surface area contributed by atoms with Gasteiger partial charge in [0.15, 0.2) is 0 Å². The van der Waals surface area contributed by atoms with Crippen LogP contribution in [0.15, 0.2) is 60.7 Å². The van der Waals surface area contributed by atoms with Crippen LogP contribution in [-0.4, -0.2) is 55.5 Å². The number of carbonyl (C=O) groups excluding carboxylic acids is 2. The Kier molecular flexibility index (Phi) is 9.75. The molecule has 1 amide bonds. The Hall–Kier alpha value is -3.15. The van der Waals surface area contributed by atoms with Gasteiger partial charge in [-0.3, -0.25) is 9.59 Å². The van der Waals surface area contributed by atoms with Crippen LogP contribution in [0, 0.1) is 5.92 Å². The van der Waals surface area contributed by atoms with Crippen molar-refractivity contribution in [2.24, 2.45) is 5.92 Å². The van der Waals surface area contributed by atoms with Gasteiger partial charge in [0.2, 0.25) is 6.54 Å². The second-order valence-electron chi connectivity index (χ2n) is 10.5. The van der Waals surface area contributed by atoms with E-state index in [9.17, 15) is 9.59 Å². The lowest BCUT2D eigenvalue weighted by Gasteiger charge is -2.39. The second kappa shape index (κ2) is 13.4. The highest BCUT2D eigenvalue weighted by atomic mass is 16.5. The zero-order valence-electron chi connectivity index (χ0n) is 21.9. The molecule has 0 aliphatic heterocycles. The Morgan fingerprint density at radius 3 is 2.27 bits per heavy atom. The van der Waals surface area contributed by atoms with Crippen LogP contribution in [0.4, 0.5) is 0 Å². The van der Waals surface area contributed by atoms with Gasteiger partial charge >= 0.3 is 5.97 Å². The van der Waals surface area contributed by atoms with Gasteiger partial charge in [-0.05, 0) is 43.4 Å². The summed E-state index contributed by atoms with van der Waals surface area (Å²) in [7, 11) is 0. The minimum Gasteiger partial charge on any atom is -0.492 e. The Balaban J connectivity index is 1.19. The van der Waals surface area contributed by atoms with Crippen molar-refractivity contribution in [1.82, 2.24) is 5.32 Å². The lowest BCUT2D eigenvalue weighted by atomic mass is 9.73. The first-order chi connectivity index (χ1) is 18.1. The number of ether oxygens (including phenoxy) is 2. The Morgan fingerprint density at radius 2 is 1.62 bits per heavy atom. The van der Waals surface area contributed by atoms with Crippen LogP contribution >= 0.6 is 0 Å². The number of esters is 1. The van der Waals surface area contributed by atoms with Gasteiger partial charge in [-0.2, -0.15) is 0 Å². The topological polar surface area (TPSA) is 67.6 Å². The summed E-state index contributed by atoms with van der Waals surface area (Å²) in [5.41, 5.74) is 0.584. The summed E-state index contributed by atoms with van der Waals surface area (Å²) in [5, 5.41) is 2.88. The molecular weight excluding hydrogens is 464 g/mol. The van der Waals surface area contributed by atoms with Crippen LogP contribution in [0.5, 0.6) is 5.75 Å². The second-order valence-corrected chi connectivity index (χ2v) is 10.5. The molecule has 2 aliphatic carbocycles. The Labute approximate surface area is 221 Å². The highest BCUT2D eigenvalue weighted by Gasteiger charge is 2.45. The summed E-state index contributed by atoms with van der Waals surface area (Å²) >= 11 is 0. The van der Waals surface area contributed by atoms with Gasteiger partial charge in [-0.15, -0.1) is 0 Å². The molecule has 2 saturated carbocycles. The molecule has 2 atom stereocenters. The van der Waals surface area contributed by atoms with Gasteiger partial charge < -0.3 is 14.8 Å². The SMILES string of the molecule is C=[N+](CCC1CC[C@@H]1OC(=O)C1(c2ccccc2)CCCCCC1)CC(=O)NCCOc1ccccc1. The zero-order valence-corrected chi connectivity index (χ0v) is 21.9. The molecule has 0 radical (unpaired) electrons. The number of rotatable bonds is 12. The fraction of sp³-hybridized carbons (Fsp3) is 0.516. The summed E-state index contributed by atoms with van der Waals surface area (Å²) in [4.78, 5) is 25.9. The van der Waals surface area contributed by atoms with Crippen molar-refractivity contribution in [2.45, 2.75) is 69.3 Å². The maximum atomic E-state index is 13.6. The highest BCUT2D eigenvalue weighted by Crippen LogP contribution is 2.42. The van der Waals surface area contributed by atoms with Crippen LogP contribution in [0.2, 0.25) is 0 Å². The van der Waals surface area contributed by atoms with Crippen molar-refractivity contribution in [3.63, 3.8) is 0 Å². The molecule has 6 nitrogen and oxygen atoms in total. The maximum Gasteiger partial charge on any atom is 0.316 e. The third-order valence-corrected chi connectivity index (χ3v) is 7.90. The third-order valence-electron chi connectivity index (χ3n) is 7.90. The molecule has 0 aromatic heterocycles. The van der Waals surface area contributed by atoms with Gasteiger partial charge in [0.1, 0.15) is 31.7 Å². The number of benzene rings is 2. The van der Waals surface area contributed by atoms with E-state index in [1.165, 1.54) is 12.8 Å². The van der Waals surface area contributed by atoms with Crippen molar-refractivity contribution in [3.05, 3.63) is 66.2 Å². The summed E-state index contributed by atoms with van der Waals surface area (Å²) < 4.78 is 13.6. The fourth-order valence-electron chi connectivity index (χ4n) is 5.54. The standard InChI is InChI=1S/C31H40N2O4/c1-33(24-29(34)32-21-23-36-27-14-8-5-9-15-27)22-18-25-16-17-28(25)37-30(35)31(19-10-2-3-11-20-31)26-12-6-4-7-13-26/h4-9,12-15,25,28H,1-3,10-11,16-24H2/p+1/t25?,28-/m0/s1. The minimum atomic E-state index is -0.515. The molecule has 0 spiro atoms. The van der Waals surface area contributed by atoms with Crippen molar-refractivity contribution < 1.29 is 23.6 Å². The van der Waals surface area contributed by atoms with Gasteiger partial charge in [0.05, 0.1) is 12.0 Å². The number of nitrogens with one attached hydrogen (secondary N) is 1. The number of hydrogen-bond acceptors (Lipinski definition) is 4. The summed E-state index contributed by atoms with van der Waals surface area (Å²) in [6, 6.07) is 19.8. The highest BCUT2D eigenvalue weighted by molar-refractivity contribution is 5.83. The van der Waals surface area contributed by atoms with Crippen LogP contribution in [0.1, 0.15) is 63.4 Å². The zero-order chi connectivity index (χ0) is 25.9. The molecule has 2 fully saturated rings. The molecule has 198 valence electrons. The molecule has 0 saturated heterocycles. The van der Waals surface area contributed by atoms with E-state index < -0.39 is 5.41 Å². The number of para-hydroxylation sites is 1. The maximum absolute atomic E-state index is 13.6. The van der Waals surface area contributed by atoms with Crippen LogP contribution in [0.25, 0.3) is 0 Å². The van der Waals surface area contributed by atoms with E-state index in [0.29, 0.717) is 25.6 Å². The summed E-state index contributed by atoms with van der Waals surface area (Å²) in [6.07, 6.45) is 9.02. The van der Waals surface area contributed by atoms with E-state index >= 15 is 0 Å². The van der Waals surface area contributed by atoms with Gasteiger partial charge in [0, 0.05) is 12.3 Å². The van der Waals surface area contributed by atoms with Crippen LogP contribution in [-0.2, 0) is 19.7 Å². The molecule has 37 heavy (non-hydrogen) atoms. The van der Waals surface area contributed by atoms with E-state index in [0.717, 1.165) is 56.3 Å². The molecule has 0 bridgehead atoms. The first-order valence-corrected chi connectivity index (χ1v) is 13.8. The third kappa shape index (κ3) is 7.43. The Morgan fingerprint density at radius 1 is 0.946 bits per heavy atom. The van der Waals surface area contributed by atoms with Crippen LogP contribution < -0.4 is 10.1 Å². The van der Waals surface area contributed by atoms with Crippen LogP contribution in [0.3, 0.4) is 0 Å². The molecule has 6 heteroatoms. The van der Waals surface area contributed by atoms with Crippen molar-refractivity contribution >= 4 is 18.6 Å². The largest absolute Gasteiger partial charge is 0.492 e. The quantitative estimate of drug-likeness (QED) is 0.147. The van der Waals surface area contributed by atoms with Crippen molar-refractivity contribution in [1.29, 1.82) is 0 Å².